The van der Waals surface area contributed by atoms with Crippen LogP contribution in [0.25, 0.3) is 0 Å². The van der Waals surface area contributed by atoms with E-state index in [0.29, 0.717) is 18.0 Å². The summed E-state index contributed by atoms with van der Waals surface area (Å²) in [5.41, 5.74) is 6.98. The lowest BCUT2D eigenvalue weighted by molar-refractivity contribution is -0.0795. The van der Waals surface area contributed by atoms with Gasteiger partial charge < -0.3 is 15.8 Å². The smallest absolute Gasteiger partial charge is 0.134 e. The van der Waals surface area contributed by atoms with E-state index in [1.54, 1.807) is 7.11 Å². The molecule has 3 N–H and O–H groups in total. The maximum absolute atomic E-state index is 5.87. The Morgan fingerprint density at radius 1 is 1.50 bits per heavy atom. The molecule has 0 aromatic carbocycles. The average molecular weight is 250 g/mol. The van der Waals surface area contributed by atoms with Gasteiger partial charge in [0.05, 0.1) is 6.10 Å². The van der Waals surface area contributed by atoms with Gasteiger partial charge in [0.2, 0.25) is 0 Å². The summed E-state index contributed by atoms with van der Waals surface area (Å²) in [6.45, 7) is 6.47. The van der Waals surface area contributed by atoms with E-state index in [9.17, 15) is 0 Å². The van der Waals surface area contributed by atoms with Crippen LogP contribution in [0.4, 0.5) is 11.6 Å². The third-order valence-corrected chi connectivity index (χ3v) is 4.11. The van der Waals surface area contributed by atoms with E-state index in [4.69, 9.17) is 10.5 Å². The van der Waals surface area contributed by atoms with E-state index < -0.39 is 0 Å². The highest BCUT2D eigenvalue weighted by Crippen LogP contribution is 2.44. The van der Waals surface area contributed by atoms with Gasteiger partial charge in [0, 0.05) is 24.1 Å². The van der Waals surface area contributed by atoms with Crippen LogP contribution in [0.3, 0.4) is 0 Å². The van der Waals surface area contributed by atoms with Crippen LogP contribution in [0.1, 0.15) is 32.8 Å². The zero-order chi connectivity index (χ0) is 13.3. The Kier molecular flexibility index (Phi) is 3.43. The molecule has 1 heterocycles. The topological polar surface area (TPSA) is 73.1 Å². The summed E-state index contributed by atoms with van der Waals surface area (Å²) in [7, 11) is 1.77. The van der Waals surface area contributed by atoms with E-state index in [2.05, 4.69) is 36.1 Å². The van der Waals surface area contributed by atoms with Crippen molar-refractivity contribution >= 4 is 11.6 Å². The second-order valence-corrected chi connectivity index (χ2v) is 5.42. The highest BCUT2D eigenvalue weighted by molar-refractivity contribution is 5.55. The quantitative estimate of drug-likeness (QED) is 0.853. The second kappa shape index (κ2) is 4.72. The maximum Gasteiger partial charge on any atom is 0.134 e. The highest BCUT2D eigenvalue weighted by Gasteiger charge is 2.48. The van der Waals surface area contributed by atoms with Crippen LogP contribution in [0.5, 0.6) is 0 Å². The largest absolute Gasteiger partial charge is 0.383 e. The fourth-order valence-electron chi connectivity index (χ4n) is 2.59. The molecule has 0 spiro atoms. The Balaban J connectivity index is 2.14. The van der Waals surface area contributed by atoms with Gasteiger partial charge in [-0.25, -0.2) is 9.97 Å². The molecule has 1 aromatic rings. The van der Waals surface area contributed by atoms with Crippen LogP contribution in [0.2, 0.25) is 0 Å². The molecule has 5 nitrogen and oxygen atoms in total. The molecule has 1 aliphatic rings. The molecule has 5 heteroatoms. The molecule has 100 valence electrons. The number of anilines is 2. The van der Waals surface area contributed by atoms with Crippen molar-refractivity contribution in [2.24, 2.45) is 5.41 Å². The average Bonchev–Trinajstić information content (AvgIpc) is 2.34. The number of nitrogens with one attached hydrogen (secondary N) is 1. The number of hydrogen-bond acceptors (Lipinski definition) is 5. The van der Waals surface area contributed by atoms with E-state index >= 15 is 0 Å². The van der Waals surface area contributed by atoms with E-state index in [1.807, 2.05) is 0 Å². The fourth-order valence-corrected chi connectivity index (χ4v) is 2.59. The number of aromatic nitrogens is 2. The molecular formula is C13H22N4O. The number of ether oxygens (including phenoxy) is 1. The summed E-state index contributed by atoms with van der Waals surface area (Å²) in [6, 6.07) is 0.363. The van der Waals surface area contributed by atoms with Gasteiger partial charge in [-0.3, -0.25) is 0 Å². The van der Waals surface area contributed by atoms with Gasteiger partial charge in [-0.2, -0.15) is 0 Å². The standard InChI is InChI=1S/C13H22N4O/c1-5-8-11(14)15-7-16-12(8)17-9-6-10(18-4)13(9,2)3/h7,9-10H,5-6H2,1-4H3,(H3,14,15,16,17). The molecule has 0 aliphatic heterocycles. The Labute approximate surface area is 108 Å². The van der Waals surface area contributed by atoms with Gasteiger partial charge in [-0.1, -0.05) is 20.8 Å². The van der Waals surface area contributed by atoms with Crippen LogP contribution in [0.15, 0.2) is 6.33 Å². The van der Waals surface area contributed by atoms with E-state index in [-0.39, 0.29) is 5.41 Å². The third kappa shape index (κ3) is 2.03. The lowest BCUT2D eigenvalue weighted by Crippen LogP contribution is -2.57. The molecule has 2 atom stereocenters. The molecule has 1 aliphatic carbocycles. The monoisotopic (exact) mass is 250 g/mol. The predicted molar refractivity (Wildman–Crippen MR) is 72.4 cm³/mol. The Bertz CT molecular complexity index is 433. The Hall–Kier alpha value is -1.36. The van der Waals surface area contributed by atoms with Crippen molar-refractivity contribution in [1.82, 2.24) is 9.97 Å². The van der Waals surface area contributed by atoms with Gasteiger partial charge >= 0.3 is 0 Å². The molecule has 0 saturated heterocycles. The normalized spacial score (nSPS) is 25.6. The predicted octanol–water partition coefficient (Wildman–Crippen LogP) is 1.85. The number of nitrogens with two attached hydrogens (primary N) is 1. The van der Waals surface area contributed by atoms with Gasteiger partial charge in [0.15, 0.2) is 0 Å². The number of rotatable bonds is 4. The zero-order valence-corrected chi connectivity index (χ0v) is 11.5. The van der Waals surface area contributed by atoms with E-state index in [0.717, 1.165) is 24.2 Å². The fraction of sp³-hybridized carbons (Fsp3) is 0.692. The third-order valence-electron chi connectivity index (χ3n) is 4.11. The minimum absolute atomic E-state index is 0.111. The summed E-state index contributed by atoms with van der Waals surface area (Å²) in [5.74, 6) is 1.42. The first-order valence-electron chi connectivity index (χ1n) is 6.39. The van der Waals surface area contributed by atoms with Crippen molar-refractivity contribution in [1.29, 1.82) is 0 Å². The van der Waals surface area contributed by atoms with E-state index in [1.165, 1.54) is 6.33 Å². The molecule has 1 aromatic heterocycles. The molecule has 1 saturated carbocycles. The van der Waals surface area contributed by atoms with Gasteiger partial charge in [-0.05, 0) is 12.8 Å². The lowest BCUT2D eigenvalue weighted by atomic mass is 9.64. The molecule has 18 heavy (non-hydrogen) atoms. The van der Waals surface area contributed by atoms with Crippen LogP contribution in [-0.4, -0.2) is 29.2 Å². The van der Waals surface area contributed by atoms with Crippen molar-refractivity contribution in [2.45, 2.75) is 45.8 Å². The maximum atomic E-state index is 5.87. The first-order chi connectivity index (χ1) is 8.50. The summed E-state index contributed by atoms with van der Waals surface area (Å²) in [6.07, 6.45) is 3.64. The second-order valence-electron chi connectivity index (χ2n) is 5.42. The molecule has 0 bridgehead atoms. The SMILES string of the molecule is CCc1c(N)ncnc1NC1CC(OC)C1(C)C. The highest BCUT2D eigenvalue weighted by atomic mass is 16.5. The first-order valence-corrected chi connectivity index (χ1v) is 6.39. The molecule has 2 rings (SSSR count). The van der Waals surface area contributed by atoms with Gasteiger partial charge in [-0.15, -0.1) is 0 Å². The minimum atomic E-state index is 0.111. The Morgan fingerprint density at radius 3 is 2.78 bits per heavy atom. The van der Waals surface area contributed by atoms with Gasteiger partial charge in [0.1, 0.15) is 18.0 Å². The van der Waals surface area contributed by atoms with Gasteiger partial charge in [0.25, 0.3) is 0 Å². The summed E-state index contributed by atoms with van der Waals surface area (Å²) < 4.78 is 5.45. The number of nitrogen functional groups attached to an aromatic ring is 1. The van der Waals surface area contributed by atoms with Crippen molar-refractivity contribution in [3.05, 3.63) is 11.9 Å². The number of hydrogen-bond donors (Lipinski definition) is 2. The minimum Gasteiger partial charge on any atom is -0.383 e. The number of methoxy groups -OCH3 is 1. The first kappa shape index (κ1) is 13.1. The van der Waals surface area contributed by atoms with Crippen molar-refractivity contribution in [2.75, 3.05) is 18.2 Å². The molecule has 0 radical (unpaired) electrons. The summed E-state index contributed by atoms with van der Waals surface area (Å²) in [4.78, 5) is 8.34. The lowest BCUT2D eigenvalue weighted by Gasteiger charge is -2.51. The zero-order valence-electron chi connectivity index (χ0n) is 11.5. The summed E-state index contributed by atoms with van der Waals surface area (Å²) >= 11 is 0. The van der Waals surface area contributed by atoms with Crippen molar-refractivity contribution in [3.63, 3.8) is 0 Å². The van der Waals surface area contributed by atoms with Crippen molar-refractivity contribution in [3.8, 4) is 0 Å². The number of nitrogens with zero attached hydrogens (tertiary/aromatic N) is 2. The molecule has 2 unspecified atom stereocenters. The van der Waals surface area contributed by atoms with Crippen LogP contribution >= 0.6 is 0 Å². The molecule has 0 amide bonds. The summed E-state index contributed by atoms with van der Waals surface area (Å²) in [5, 5.41) is 3.48. The van der Waals surface area contributed by atoms with Crippen LogP contribution in [-0.2, 0) is 11.2 Å². The van der Waals surface area contributed by atoms with Crippen molar-refractivity contribution < 1.29 is 4.74 Å². The molecule has 1 fully saturated rings. The van der Waals surface area contributed by atoms with Crippen LogP contribution in [0, 0.1) is 5.41 Å². The van der Waals surface area contributed by atoms with Crippen LogP contribution < -0.4 is 11.1 Å². The molecular weight excluding hydrogens is 228 g/mol. The Morgan fingerprint density at radius 2 is 2.22 bits per heavy atom.